The zero-order valence-electron chi connectivity index (χ0n) is 8.73. The standard InChI is InChI=1S/C12H16N2O/c13-10-5-9(6-10)12(7-15-8-12)11-3-1-2-4-14-11/h1-4,9-10H,5-8,13H2. The average Bonchev–Trinajstić information content (AvgIpc) is 2.15. The van der Waals surface area contributed by atoms with Crippen molar-refractivity contribution in [1.82, 2.24) is 4.98 Å². The normalized spacial score (nSPS) is 32.9. The number of pyridine rings is 1. The first-order valence-corrected chi connectivity index (χ1v) is 5.56. The lowest BCUT2D eigenvalue weighted by molar-refractivity contribution is -0.113. The summed E-state index contributed by atoms with van der Waals surface area (Å²) >= 11 is 0. The predicted molar refractivity (Wildman–Crippen MR) is 57.4 cm³/mol. The topological polar surface area (TPSA) is 48.1 Å². The Morgan fingerprint density at radius 1 is 1.33 bits per heavy atom. The summed E-state index contributed by atoms with van der Waals surface area (Å²) in [6, 6.07) is 6.53. The molecule has 0 radical (unpaired) electrons. The van der Waals surface area contributed by atoms with Crippen molar-refractivity contribution in [2.24, 2.45) is 11.7 Å². The lowest BCUT2D eigenvalue weighted by Crippen LogP contribution is -2.58. The number of nitrogens with zero attached hydrogens (tertiary/aromatic N) is 1. The van der Waals surface area contributed by atoms with E-state index in [-0.39, 0.29) is 5.41 Å². The van der Waals surface area contributed by atoms with Crippen molar-refractivity contribution >= 4 is 0 Å². The molecule has 0 bridgehead atoms. The van der Waals surface area contributed by atoms with Gasteiger partial charge in [-0.05, 0) is 30.9 Å². The van der Waals surface area contributed by atoms with Crippen LogP contribution in [0.2, 0.25) is 0 Å². The van der Waals surface area contributed by atoms with Crippen LogP contribution in [-0.2, 0) is 10.2 Å². The summed E-state index contributed by atoms with van der Waals surface area (Å²) in [5.41, 5.74) is 7.23. The van der Waals surface area contributed by atoms with Gasteiger partial charge in [-0.25, -0.2) is 0 Å². The molecule has 0 atom stereocenters. The molecule has 0 aromatic carbocycles. The van der Waals surface area contributed by atoms with Gasteiger partial charge in [0, 0.05) is 12.2 Å². The smallest absolute Gasteiger partial charge is 0.0622 e. The summed E-state index contributed by atoms with van der Waals surface area (Å²) in [7, 11) is 0. The minimum atomic E-state index is 0.178. The van der Waals surface area contributed by atoms with Crippen molar-refractivity contribution in [3.8, 4) is 0 Å². The first-order chi connectivity index (χ1) is 7.31. The van der Waals surface area contributed by atoms with Gasteiger partial charge in [0.25, 0.3) is 0 Å². The third kappa shape index (κ3) is 1.30. The number of aromatic nitrogens is 1. The fourth-order valence-corrected chi connectivity index (χ4v) is 2.69. The Labute approximate surface area is 89.6 Å². The number of nitrogens with two attached hydrogens (primary N) is 1. The molecule has 2 aliphatic rings. The molecule has 1 aromatic heterocycles. The summed E-state index contributed by atoms with van der Waals surface area (Å²) in [5.74, 6) is 0.677. The summed E-state index contributed by atoms with van der Waals surface area (Å²) < 4.78 is 5.40. The fourth-order valence-electron chi connectivity index (χ4n) is 2.69. The van der Waals surface area contributed by atoms with Crippen LogP contribution in [0.3, 0.4) is 0 Å². The van der Waals surface area contributed by atoms with Crippen LogP contribution in [0.25, 0.3) is 0 Å². The predicted octanol–water partition coefficient (Wildman–Crippen LogP) is 1.09. The van der Waals surface area contributed by atoms with Crippen LogP contribution in [0, 0.1) is 5.92 Å². The van der Waals surface area contributed by atoms with E-state index < -0.39 is 0 Å². The Hall–Kier alpha value is -0.930. The van der Waals surface area contributed by atoms with Gasteiger partial charge in [-0.2, -0.15) is 0 Å². The maximum Gasteiger partial charge on any atom is 0.0622 e. The highest BCUT2D eigenvalue weighted by Crippen LogP contribution is 2.47. The molecule has 3 heteroatoms. The van der Waals surface area contributed by atoms with Gasteiger partial charge in [0.2, 0.25) is 0 Å². The van der Waals surface area contributed by atoms with E-state index in [2.05, 4.69) is 17.1 Å². The Kier molecular flexibility index (Phi) is 2.04. The van der Waals surface area contributed by atoms with Crippen LogP contribution in [0.15, 0.2) is 24.4 Å². The van der Waals surface area contributed by atoms with Gasteiger partial charge in [0.15, 0.2) is 0 Å². The second kappa shape index (κ2) is 3.29. The maximum absolute atomic E-state index is 5.86. The van der Waals surface area contributed by atoms with E-state index in [1.165, 1.54) is 5.69 Å². The number of hydrogen-bond donors (Lipinski definition) is 1. The van der Waals surface area contributed by atoms with Crippen molar-refractivity contribution in [3.05, 3.63) is 30.1 Å². The van der Waals surface area contributed by atoms with Gasteiger partial charge in [-0.1, -0.05) is 6.07 Å². The monoisotopic (exact) mass is 204 g/mol. The molecule has 2 heterocycles. The second-order valence-corrected chi connectivity index (χ2v) is 4.79. The molecule has 2 N–H and O–H groups in total. The SMILES string of the molecule is NC1CC(C2(c3ccccn3)COC2)C1. The van der Waals surface area contributed by atoms with Gasteiger partial charge in [-0.3, -0.25) is 4.98 Å². The molecule has 0 spiro atoms. The molecular formula is C12H16N2O. The Balaban J connectivity index is 1.87. The van der Waals surface area contributed by atoms with Crippen molar-refractivity contribution in [1.29, 1.82) is 0 Å². The molecule has 1 aliphatic carbocycles. The fraction of sp³-hybridized carbons (Fsp3) is 0.583. The zero-order valence-corrected chi connectivity index (χ0v) is 8.73. The summed E-state index contributed by atoms with van der Waals surface area (Å²) in [6.07, 6.45) is 4.12. The van der Waals surface area contributed by atoms with Crippen molar-refractivity contribution in [2.45, 2.75) is 24.3 Å². The van der Waals surface area contributed by atoms with E-state index in [1.807, 2.05) is 12.3 Å². The Morgan fingerprint density at radius 2 is 2.13 bits per heavy atom. The number of hydrogen-bond acceptors (Lipinski definition) is 3. The van der Waals surface area contributed by atoms with Gasteiger partial charge in [-0.15, -0.1) is 0 Å². The van der Waals surface area contributed by atoms with E-state index in [1.54, 1.807) is 0 Å². The van der Waals surface area contributed by atoms with Crippen molar-refractivity contribution < 1.29 is 4.74 Å². The van der Waals surface area contributed by atoms with Crippen LogP contribution in [0.4, 0.5) is 0 Å². The van der Waals surface area contributed by atoms with E-state index in [4.69, 9.17) is 10.5 Å². The molecule has 15 heavy (non-hydrogen) atoms. The van der Waals surface area contributed by atoms with Crippen LogP contribution >= 0.6 is 0 Å². The molecule has 1 aliphatic heterocycles. The quantitative estimate of drug-likeness (QED) is 0.784. The molecule has 0 amide bonds. The first kappa shape index (κ1) is 9.31. The molecule has 0 unspecified atom stereocenters. The van der Waals surface area contributed by atoms with Gasteiger partial charge < -0.3 is 10.5 Å². The molecular weight excluding hydrogens is 188 g/mol. The lowest BCUT2D eigenvalue weighted by Gasteiger charge is -2.52. The van der Waals surface area contributed by atoms with Crippen LogP contribution in [0.1, 0.15) is 18.5 Å². The minimum Gasteiger partial charge on any atom is -0.379 e. The first-order valence-electron chi connectivity index (χ1n) is 5.56. The van der Waals surface area contributed by atoms with E-state index in [0.29, 0.717) is 12.0 Å². The second-order valence-electron chi connectivity index (χ2n) is 4.79. The molecule has 80 valence electrons. The van der Waals surface area contributed by atoms with Crippen molar-refractivity contribution in [3.63, 3.8) is 0 Å². The third-order valence-electron chi connectivity index (χ3n) is 3.85. The Morgan fingerprint density at radius 3 is 2.60 bits per heavy atom. The summed E-state index contributed by atoms with van der Waals surface area (Å²) in [4.78, 5) is 4.48. The Bertz CT molecular complexity index is 342. The number of rotatable bonds is 2. The largest absolute Gasteiger partial charge is 0.379 e. The van der Waals surface area contributed by atoms with E-state index >= 15 is 0 Å². The zero-order chi connectivity index (χ0) is 10.3. The number of ether oxygens (including phenoxy) is 1. The lowest BCUT2D eigenvalue weighted by atomic mass is 9.60. The third-order valence-corrected chi connectivity index (χ3v) is 3.85. The molecule has 3 rings (SSSR count). The van der Waals surface area contributed by atoms with Crippen LogP contribution in [-0.4, -0.2) is 24.2 Å². The molecule has 1 saturated carbocycles. The van der Waals surface area contributed by atoms with E-state index in [0.717, 1.165) is 26.1 Å². The van der Waals surface area contributed by atoms with Crippen molar-refractivity contribution in [2.75, 3.05) is 13.2 Å². The average molecular weight is 204 g/mol. The highest BCUT2D eigenvalue weighted by atomic mass is 16.5. The van der Waals surface area contributed by atoms with E-state index in [9.17, 15) is 0 Å². The molecule has 1 saturated heterocycles. The molecule has 2 fully saturated rings. The molecule has 1 aromatic rings. The van der Waals surface area contributed by atoms with Gasteiger partial charge in [0.05, 0.1) is 24.3 Å². The highest BCUT2D eigenvalue weighted by molar-refractivity contribution is 5.24. The minimum absolute atomic E-state index is 0.178. The molecule has 3 nitrogen and oxygen atoms in total. The van der Waals surface area contributed by atoms with Crippen LogP contribution < -0.4 is 5.73 Å². The highest BCUT2D eigenvalue weighted by Gasteiger charge is 2.51. The maximum atomic E-state index is 5.86. The van der Waals surface area contributed by atoms with Gasteiger partial charge in [0.1, 0.15) is 0 Å². The summed E-state index contributed by atoms with van der Waals surface area (Å²) in [6.45, 7) is 1.64. The summed E-state index contributed by atoms with van der Waals surface area (Å²) in [5, 5.41) is 0. The van der Waals surface area contributed by atoms with Crippen LogP contribution in [0.5, 0.6) is 0 Å². The van der Waals surface area contributed by atoms with Gasteiger partial charge >= 0.3 is 0 Å².